The number of nitrogens with zero attached hydrogens (tertiary/aromatic N) is 3. The van der Waals surface area contributed by atoms with Gasteiger partial charge in [0.15, 0.2) is 11.0 Å². The van der Waals surface area contributed by atoms with Crippen LogP contribution in [-0.4, -0.2) is 26.4 Å². The number of aryl methyl sites for hydroxylation is 1. The number of halogens is 2. The van der Waals surface area contributed by atoms with Gasteiger partial charge in [-0.3, -0.25) is 9.36 Å². The molecule has 0 unspecified atom stereocenters. The van der Waals surface area contributed by atoms with Gasteiger partial charge in [-0.1, -0.05) is 59.8 Å². The van der Waals surface area contributed by atoms with E-state index in [0.717, 1.165) is 22.4 Å². The summed E-state index contributed by atoms with van der Waals surface area (Å²) in [5, 5.41) is 12.7. The van der Waals surface area contributed by atoms with Crippen LogP contribution in [0.5, 0.6) is 0 Å². The molecular weight excluding hydrogens is 447 g/mol. The molecule has 4 rings (SSSR count). The average Bonchev–Trinajstić information content (AvgIpc) is 3.21. The first kappa shape index (κ1) is 22.0. The molecule has 4 aromatic rings. The van der Waals surface area contributed by atoms with E-state index in [1.54, 1.807) is 12.1 Å². The second-order valence-corrected chi connectivity index (χ2v) is 8.50. The van der Waals surface area contributed by atoms with Gasteiger partial charge in [-0.2, -0.15) is 0 Å². The summed E-state index contributed by atoms with van der Waals surface area (Å²) in [6.45, 7) is 2.34. The summed E-state index contributed by atoms with van der Waals surface area (Å²) in [7, 11) is 0. The van der Waals surface area contributed by atoms with Crippen LogP contribution < -0.4 is 5.32 Å². The Bertz CT molecular complexity index is 1240. The Balaban J connectivity index is 1.55. The molecule has 1 N–H and O–H groups in total. The summed E-state index contributed by atoms with van der Waals surface area (Å²) in [5.41, 5.74) is 3.57. The molecule has 0 saturated heterocycles. The van der Waals surface area contributed by atoms with Gasteiger partial charge in [-0.15, -0.1) is 10.2 Å². The first-order valence-corrected chi connectivity index (χ1v) is 11.3. The fourth-order valence-electron chi connectivity index (χ4n) is 3.16. The SMILES string of the molecule is Cc1cccc(-n2c(SCC(=O)NCc3ccc(F)cc3)nnc2-c2ccccc2Cl)c1. The van der Waals surface area contributed by atoms with E-state index < -0.39 is 0 Å². The van der Waals surface area contributed by atoms with E-state index >= 15 is 0 Å². The van der Waals surface area contributed by atoms with Crippen LogP contribution in [0.1, 0.15) is 11.1 Å². The van der Waals surface area contributed by atoms with Crippen LogP contribution >= 0.6 is 23.4 Å². The molecule has 0 aliphatic heterocycles. The van der Waals surface area contributed by atoms with Crippen molar-refractivity contribution < 1.29 is 9.18 Å². The molecule has 5 nitrogen and oxygen atoms in total. The maximum atomic E-state index is 13.0. The standard InChI is InChI=1S/C24H20ClFN4OS/c1-16-5-4-6-19(13-16)30-23(20-7-2-3-8-21(20)25)28-29-24(30)32-15-22(31)27-14-17-9-11-18(26)12-10-17/h2-13H,14-15H2,1H3,(H,27,31). The molecule has 0 saturated carbocycles. The highest BCUT2D eigenvalue weighted by molar-refractivity contribution is 7.99. The predicted molar refractivity (Wildman–Crippen MR) is 126 cm³/mol. The zero-order valence-corrected chi connectivity index (χ0v) is 18.8. The number of rotatable bonds is 7. The molecule has 1 aromatic heterocycles. The number of carbonyl (C=O) groups is 1. The molecule has 0 aliphatic carbocycles. The summed E-state index contributed by atoms with van der Waals surface area (Å²) in [6.07, 6.45) is 0. The second kappa shape index (κ2) is 9.97. The van der Waals surface area contributed by atoms with E-state index in [2.05, 4.69) is 15.5 Å². The summed E-state index contributed by atoms with van der Waals surface area (Å²) >= 11 is 7.71. The maximum Gasteiger partial charge on any atom is 0.230 e. The number of thioether (sulfide) groups is 1. The van der Waals surface area contributed by atoms with Crippen molar-refractivity contribution in [2.75, 3.05) is 5.75 Å². The Morgan fingerprint density at radius 3 is 2.59 bits per heavy atom. The number of aromatic nitrogens is 3. The summed E-state index contributed by atoms with van der Waals surface area (Å²) in [6, 6.07) is 21.5. The Kier molecular flexibility index (Phi) is 6.87. The van der Waals surface area contributed by atoms with Crippen molar-refractivity contribution in [1.29, 1.82) is 0 Å². The van der Waals surface area contributed by atoms with Gasteiger partial charge in [-0.25, -0.2) is 4.39 Å². The zero-order valence-electron chi connectivity index (χ0n) is 17.3. The largest absolute Gasteiger partial charge is 0.351 e. The van der Waals surface area contributed by atoms with Crippen molar-refractivity contribution in [2.24, 2.45) is 0 Å². The van der Waals surface area contributed by atoms with E-state index in [1.165, 1.54) is 23.9 Å². The fourth-order valence-corrected chi connectivity index (χ4v) is 4.17. The molecule has 0 atom stereocenters. The lowest BCUT2D eigenvalue weighted by molar-refractivity contribution is -0.118. The van der Waals surface area contributed by atoms with E-state index in [-0.39, 0.29) is 17.5 Å². The molecule has 0 aliphatic rings. The first-order chi connectivity index (χ1) is 15.5. The van der Waals surface area contributed by atoms with E-state index in [9.17, 15) is 9.18 Å². The molecule has 1 heterocycles. The minimum Gasteiger partial charge on any atom is -0.351 e. The molecule has 1 amide bonds. The van der Waals surface area contributed by atoms with Crippen LogP contribution in [0.4, 0.5) is 4.39 Å². The second-order valence-electron chi connectivity index (χ2n) is 7.15. The number of carbonyl (C=O) groups excluding carboxylic acids is 1. The smallest absolute Gasteiger partial charge is 0.230 e. The van der Waals surface area contributed by atoms with E-state index in [1.807, 2.05) is 60.0 Å². The predicted octanol–water partition coefficient (Wildman–Crippen LogP) is 5.44. The third kappa shape index (κ3) is 5.18. The van der Waals surface area contributed by atoms with Crippen LogP contribution in [0.3, 0.4) is 0 Å². The van der Waals surface area contributed by atoms with Gasteiger partial charge in [0.05, 0.1) is 10.8 Å². The van der Waals surface area contributed by atoms with Gasteiger partial charge in [-0.05, 0) is 54.4 Å². The number of hydrogen-bond acceptors (Lipinski definition) is 4. The zero-order chi connectivity index (χ0) is 22.5. The summed E-state index contributed by atoms with van der Waals surface area (Å²) in [4.78, 5) is 12.4. The molecule has 162 valence electrons. The Morgan fingerprint density at radius 1 is 1.06 bits per heavy atom. The molecule has 3 aromatic carbocycles. The topological polar surface area (TPSA) is 59.8 Å². The van der Waals surface area contributed by atoms with Gasteiger partial charge in [0.25, 0.3) is 0 Å². The van der Waals surface area contributed by atoms with Gasteiger partial charge in [0, 0.05) is 17.8 Å². The molecule has 8 heteroatoms. The highest BCUT2D eigenvalue weighted by atomic mass is 35.5. The van der Waals surface area contributed by atoms with Crippen molar-refractivity contribution in [2.45, 2.75) is 18.6 Å². The third-order valence-electron chi connectivity index (χ3n) is 4.74. The van der Waals surface area contributed by atoms with Gasteiger partial charge in [0.2, 0.25) is 5.91 Å². The number of nitrogens with one attached hydrogen (secondary N) is 1. The van der Waals surface area contributed by atoms with E-state index in [4.69, 9.17) is 11.6 Å². The van der Waals surface area contributed by atoms with Crippen LogP contribution in [0.2, 0.25) is 5.02 Å². The van der Waals surface area contributed by atoms with Crippen molar-refractivity contribution in [1.82, 2.24) is 20.1 Å². The highest BCUT2D eigenvalue weighted by Gasteiger charge is 2.19. The third-order valence-corrected chi connectivity index (χ3v) is 6.00. The van der Waals surface area contributed by atoms with Gasteiger partial charge < -0.3 is 5.32 Å². The Labute approximate surface area is 194 Å². The maximum absolute atomic E-state index is 13.0. The quantitative estimate of drug-likeness (QED) is 0.368. The highest BCUT2D eigenvalue weighted by Crippen LogP contribution is 2.32. The summed E-state index contributed by atoms with van der Waals surface area (Å²) < 4.78 is 14.9. The van der Waals surface area contributed by atoms with Gasteiger partial charge in [0.1, 0.15) is 5.82 Å². The minimum atomic E-state index is -0.305. The van der Waals surface area contributed by atoms with Gasteiger partial charge >= 0.3 is 0 Å². The first-order valence-electron chi connectivity index (χ1n) is 9.92. The van der Waals surface area contributed by atoms with Crippen molar-refractivity contribution >= 4 is 29.3 Å². The molecule has 0 radical (unpaired) electrons. The lowest BCUT2D eigenvalue weighted by Gasteiger charge is -2.12. The molecule has 0 spiro atoms. The normalized spacial score (nSPS) is 10.8. The number of benzene rings is 3. The number of hydrogen-bond donors (Lipinski definition) is 1. The molecule has 32 heavy (non-hydrogen) atoms. The Morgan fingerprint density at radius 2 is 1.84 bits per heavy atom. The van der Waals surface area contributed by atoms with E-state index in [0.29, 0.717) is 22.5 Å². The molecule has 0 bridgehead atoms. The van der Waals surface area contributed by atoms with Crippen LogP contribution in [0.25, 0.3) is 17.1 Å². The van der Waals surface area contributed by atoms with Crippen molar-refractivity contribution in [3.05, 3.63) is 94.8 Å². The monoisotopic (exact) mass is 466 g/mol. The lowest BCUT2D eigenvalue weighted by atomic mass is 10.2. The summed E-state index contributed by atoms with van der Waals surface area (Å²) in [5.74, 6) is 0.307. The Hall–Kier alpha value is -3.16. The average molecular weight is 467 g/mol. The van der Waals surface area contributed by atoms with Crippen molar-refractivity contribution in [3.8, 4) is 17.1 Å². The minimum absolute atomic E-state index is 0.155. The fraction of sp³-hybridized carbons (Fsp3) is 0.125. The van der Waals surface area contributed by atoms with Crippen LogP contribution in [-0.2, 0) is 11.3 Å². The molecular formula is C24H20ClFN4OS. The van der Waals surface area contributed by atoms with Crippen LogP contribution in [0, 0.1) is 12.7 Å². The molecule has 0 fully saturated rings. The number of amides is 1. The van der Waals surface area contributed by atoms with Crippen LogP contribution in [0.15, 0.2) is 78.0 Å². The lowest BCUT2D eigenvalue weighted by Crippen LogP contribution is -2.24. The van der Waals surface area contributed by atoms with Crippen molar-refractivity contribution in [3.63, 3.8) is 0 Å².